The van der Waals surface area contributed by atoms with Crippen molar-refractivity contribution in [2.24, 2.45) is 5.92 Å². The van der Waals surface area contributed by atoms with Gasteiger partial charge in [-0.05, 0) is 54.7 Å². The lowest BCUT2D eigenvalue weighted by molar-refractivity contribution is -0.122. The standard InChI is InChI=1S/C22H24N2O2S2/c1-15-6-8-19(9-7-15)24-14-17(13-20(24)25)21(26)23-18-5-2-4-16(12-18)22-27-10-3-11-28-22/h2,4-9,12,17,22H,3,10-11,13-14H2,1H3,(H,23,26). The molecule has 0 radical (unpaired) electrons. The summed E-state index contributed by atoms with van der Waals surface area (Å²) in [6, 6.07) is 16.0. The second-order valence-corrected chi connectivity index (χ2v) is 10.0. The predicted molar refractivity (Wildman–Crippen MR) is 119 cm³/mol. The van der Waals surface area contributed by atoms with Crippen LogP contribution in [0.3, 0.4) is 0 Å². The van der Waals surface area contributed by atoms with Gasteiger partial charge in [0.1, 0.15) is 0 Å². The van der Waals surface area contributed by atoms with Gasteiger partial charge in [-0.1, -0.05) is 29.8 Å². The van der Waals surface area contributed by atoms with Crippen LogP contribution in [0.5, 0.6) is 0 Å². The molecule has 1 unspecified atom stereocenters. The molecule has 6 heteroatoms. The number of anilines is 2. The summed E-state index contributed by atoms with van der Waals surface area (Å²) in [6.45, 7) is 2.45. The van der Waals surface area contributed by atoms with E-state index in [4.69, 9.17) is 0 Å². The maximum Gasteiger partial charge on any atom is 0.229 e. The third kappa shape index (κ3) is 4.39. The van der Waals surface area contributed by atoms with Crippen molar-refractivity contribution in [3.8, 4) is 0 Å². The highest BCUT2D eigenvalue weighted by Gasteiger charge is 2.35. The molecule has 1 atom stereocenters. The molecule has 2 aliphatic rings. The van der Waals surface area contributed by atoms with Crippen LogP contribution in [0.1, 0.15) is 28.6 Å². The smallest absolute Gasteiger partial charge is 0.229 e. The summed E-state index contributed by atoms with van der Waals surface area (Å²) in [5.41, 5.74) is 4.07. The molecule has 2 fully saturated rings. The molecule has 4 nitrogen and oxygen atoms in total. The number of hydrogen-bond donors (Lipinski definition) is 1. The molecular weight excluding hydrogens is 388 g/mol. The van der Waals surface area contributed by atoms with Crippen molar-refractivity contribution in [3.05, 3.63) is 59.7 Å². The van der Waals surface area contributed by atoms with Gasteiger partial charge in [0.25, 0.3) is 0 Å². The number of nitrogens with zero attached hydrogens (tertiary/aromatic N) is 1. The molecule has 0 spiro atoms. The van der Waals surface area contributed by atoms with Crippen molar-refractivity contribution in [1.29, 1.82) is 0 Å². The number of carbonyl (C=O) groups is 2. The quantitative estimate of drug-likeness (QED) is 0.779. The minimum Gasteiger partial charge on any atom is -0.326 e. The van der Waals surface area contributed by atoms with Gasteiger partial charge in [0.05, 0.1) is 10.5 Å². The van der Waals surface area contributed by atoms with Gasteiger partial charge in [-0.3, -0.25) is 9.59 Å². The van der Waals surface area contributed by atoms with Crippen LogP contribution >= 0.6 is 23.5 Å². The summed E-state index contributed by atoms with van der Waals surface area (Å²) < 4.78 is 0.440. The Labute approximate surface area is 174 Å². The Morgan fingerprint density at radius 3 is 2.61 bits per heavy atom. The molecule has 2 amide bonds. The molecule has 0 saturated carbocycles. The second kappa shape index (κ2) is 8.62. The van der Waals surface area contributed by atoms with E-state index >= 15 is 0 Å². The fraction of sp³-hybridized carbons (Fsp3) is 0.364. The number of amides is 2. The summed E-state index contributed by atoms with van der Waals surface area (Å²) in [6.07, 6.45) is 1.52. The Balaban J connectivity index is 1.41. The van der Waals surface area contributed by atoms with Gasteiger partial charge >= 0.3 is 0 Å². The first-order valence-electron chi connectivity index (χ1n) is 9.61. The third-order valence-corrected chi connectivity index (χ3v) is 8.11. The van der Waals surface area contributed by atoms with E-state index in [2.05, 4.69) is 17.4 Å². The van der Waals surface area contributed by atoms with E-state index in [1.54, 1.807) is 4.90 Å². The topological polar surface area (TPSA) is 49.4 Å². The van der Waals surface area contributed by atoms with E-state index in [1.807, 2.05) is 66.8 Å². The Kier molecular flexibility index (Phi) is 5.97. The number of thioether (sulfide) groups is 2. The van der Waals surface area contributed by atoms with E-state index in [9.17, 15) is 9.59 Å². The predicted octanol–water partition coefficient (Wildman–Crippen LogP) is 4.86. The normalized spacial score (nSPS) is 20.4. The molecule has 146 valence electrons. The van der Waals surface area contributed by atoms with Crippen LogP contribution in [0.4, 0.5) is 11.4 Å². The number of carbonyl (C=O) groups excluding carboxylic acids is 2. The van der Waals surface area contributed by atoms with Crippen molar-refractivity contribution in [1.82, 2.24) is 0 Å². The lowest BCUT2D eigenvalue weighted by Gasteiger charge is -2.22. The largest absolute Gasteiger partial charge is 0.326 e. The number of benzene rings is 2. The molecular formula is C22H24N2O2S2. The molecule has 2 saturated heterocycles. The van der Waals surface area contributed by atoms with Crippen molar-refractivity contribution >= 4 is 46.7 Å². The van der Waals surface area contributed by atoms with Gasteiger partial charge in [-0.25, -0.2) is 0 Å². The molecule has 2 aromatic carbocycles. The lowest BCUT2D eigenvalue weighted by Crippen LogP contribution is -2.28. The van der Waals surface area contributed by atoms with E-state index in [0.29, 0.717) is 11.1 Å². The van der Waals surface area contributed by atoms with E-state index in [-0.39, 0.29) is 24.2 Å². The summed E-state index contributed by atoms with van der Waals surface area (Å²) in [7, 11) is 0. The van der Waals surface area contributed by atoms with Gasteiger partial charge < -0.3 is 10.2 Å². The first-order valence-corrected chi connectivity index (χ1v) is 11.7. The lowest BCUT2D eigenvalue weighted by atomic mass is 10.1. The number of nitrogens with one attached hydrogen (secondary N) is 1. The Bertz CT molecular complexity index is 863. The zero-order valence-electron chi connectivity index (χ0n) is 15.9. The van der Waals surface area contributed by atoms with Crippen LogP contribution in [0.15, 0.2) is 48.5 Å². The van der Waals surface area contributed by atoms with Crippen LogP contribution in [-0.4, -0.2) is 29.9 Å². The zero-order chi connectivity index (χ0) is 19.5. The highest BCUT2D eigenvalue weighted by atomic mass is 32.2. The summed E-state index contributed by atoms with van der Waals surface area (Å²) in [4.78, 5) is 26.9. The minimum absolute atomic E-state index is 0.00718. The highest BCUT2D eigenvalue weighted by Crippen LogP contribution is 2.44. The SMILES string of the molecule is Cc1ccc(N2CC(C(=O)Nc3cccc(C4SCCCS4)c3)CC2=O)cc1. The Morgan fingerprint density at radius 2 is 1.86 bits per heavy atom. The fourth-order valence-corrected chi connectivity index (χ4v) is 6.42. The third-order valence-electron chi connectivity index (χ3n) is 5.09. The van der Waals surface area contributed by atoms with Crippen LogP contribution in [-0.2, 0) is 9.59 Å². The molecule has 4 rings (SSSR count). The number of hydrogen-bond acceptors (Lipinski definition) is 4. The van der Waals surface area contributed by atoms with Crippen LogP contribution in [0.2, 0.25) is 0 Å². The first-order chi connectivity index (χ1) is 13.6. The van der Waals surface area contributed by atoms with Crippen LogP contribution < -0.4 is 10.2 Å². The molecule has 2 heterocycles. The monoisotopic (exact) mass is 412 g/mol. The van der Waals surface area contributed by atoms with Crippen LogP contribution in [0, 0.1) is 12.8 Å². The molecule has 2 aliphatic heterocycles. The molecule has 0 aromatic heterocycles. The van der Waals surface area contributed by atoms with Crippen molar-refractivity contribution in [2.45, 2.75) is 24.3 Å². The fourth-order valence-electron chi connectivity index (χ4n) is 3.55. The zero-order valence-corrected chi connectivity index (χ0v) is 17.5. The van der Waals surface area contributed by atoms with Crippen molar-refractivity contribution in [3.63, 3.8) is 0 Å². The highest BCUT2D eigenvalue weighted by molar-refractivity contribution is 8.16. The summed E-state index contributed by atoms with van der Waals surface area (Å²) >= 11 is 3.93. The Hall–Kier alpha value is -1.92. The van der Waals surface area contributed by atoms with Crippen molar-refractivity contribution in [2.75, 3.05) is 28.3 Å². The average molecular weight is 413 g/mol. The van der Waals surface area contributed by atoms with Gasteiger partial charge in [-0.15, -0.1) is 23.5 Å². The minimum atomic E-state index is -0.323. The van der Waals surface area contributed by atoms with Gasteiger partial charge in [0.2, 0.25) is 11.8 Å². The number of rotatable bonds is 4. The average Bonchev–Trinajstić information content (AvgIpc) is 3.11. The van der Waals surface area contributed by atoms with Gasteiger partial charge in [0, 0.05) is 24.3 Å². The number of aryl methyl sites for hydroxylation is 1. The molecule has 0 aliphatic carbocycles. The van der Waals surface area contributed by atoms with Crippen LogP contribution in [0.25, 0.3) is 0 Å². The summed E-state index contributed by atoms with van der Waals surface area (Å²) in [5.74, 6) is 1.98. The maximum absolute atomic E-state index is 12.8. The van der Waals surface area contributed by atoms with Gasteiger partial charge in [-0.2, -0.15) is 0 Å². The Morgan fingerprint density at radius 1 is 1.11 bits per heavy atom. The van der Waals surface area contributed by atoms with Crippen molar-refractivity contribution < 1.29 is 9.59 Å². The second-order valence-electron chi connectivity index (χ2n) is 7.28. The maximum atomic E-state index is 12.8. The van der Waals surface area contributed by atoms with Gasteiger partial charge in [0.15, 0.2) is 0 Å². The first kappa shape index (κ1) is 19.4. The van der Waals surface area contributed by atoms with E-state index in [1.165, 1.54) is 23.5 Å². The van der Waals surface area contributed by atoms with E-state index < -0.39 is 0 Å². The molecule has 2 aromatic rings. The molecule has 0 bridgehead atoms. The molecule has 28 heavy (non-hydrogen) atoms. The van der Waals surface area contributed by atoms with E-state index in [0.717, 1.165) is 16.9 Å². The summed E-state index contributed by atoms with van der Waals surface area (Å²) in [5, 5.41) is 3.03. The molecule has 1 N–H and O–H groups in total.